The van der Waals surface area contributed by atoms with Gasteiger partial charge >= 0.3 is 0 Å². The fraction of sp³-hybridized carbons (Fsp3) is 0.619. The fourth-order valence-corrected chi connectivity index (χ4v) is 3.53. The molecule has 0 bridgehead atoms. The summed E-state index contributed by atoms with van der Waals surface area (Å²) in [5.41, 5.74) is 1.50. The molecule has 1 aromatic carbocycles. The van der Waals surface area contributed by atoms with Gasteiger partial charge in [0.05, 0.1) is 18.2 Å². The first-order valence-electron chi connectivity index (χ1n) is 9.89. The van der Waals surface area contributed by atoms with Crippen molar-refractivity contribution in [2.45, 2.75) is 38.6 Å². The monoisotopic (exact) mass is 373 g/mol. The van der Waals surface area contributed by atoms with Crippen molar-refractivity contribution in [3.63, 3.8) is 0 Å². The van der Waals surface area contributed by atoms with Gasteiger partial charge in [0.1, 0.15) is 12.4 Å². The number of ether oxygens (including phenoxy) is 1. The molecule has 1 aliphatic heterocycles. The summed E-state index contributed by atoms with van der Waals surface area (Å²) in [6.45, 7) is 4.31. The van der Waals surface area contributed by atoms with Gasteiger partial charge in [-0.3, -0.25) is 9.59 Å². The van der Waals surface area contributed by atoms with Crippen molar-refractivity contribution in [2.24, 2.45) is 5.92 Å². The Labute approximate surface area is 162 Å². The number of amides is 2. The highest BCUT2D eigenvalue weighted by Gasteiger charge is 2.31. The molecule has 1 fully saturated rings. The maximum atomic E-state index is 12.9. The third-order valence-corrected chi connectivity index (χ3v) is 5.40. The van der Waals surface area contributed by atoms with E-state index in [9.17, 15) is 9.59 Å². The van der Waals surface area contributed by atoms with Crippen LogP contribution in [-0.4, -0.2) is 68.5 Å². The van der Waals surface area contributed by atoms with E-state index in [1.807, 2.05) is 24.1 Å². The number of benzene rings is 1. The first kappa shape index (κ1) is 19.5. The summed E-state index contributed by atoms with van der Waals surface area (Å²) in [6, 6.07) is 5.48. The Morgan fingerprint density at radius 3 is 2.63 bits per heavy atom. The smallest absolute Gasteiger partial charge is 0.253 e. The molecule has 0 N–H and O–H groups in total. The van der Waals surface area contributed by atoms with E-state index < -0.39 is 0 Å². The third kappa shape index (κ3) is 4.54. The lowest BCUT2D eigenvalue weighted by Crippen LogP contribution is -2.45. The van der Waals surface area contributed by atoms with E-state index in [1.54, 1.807) is 25.1 Å². The summed E-state index contributed by atoms with van der Waals surface area (Å²) in [7, 11) is 5.46. The van der Waals surface area contributed by atoms with Gasteiger partial charge in [-0.15, -0.1) is 0 Å². The van der Waals surface area contributed by atoms with Gasteiger partial charge in [0.2, 0.25) is 5.91 Å². The molecule has 2 aliphatic rings. The lowest BCUT2D eigenvalue weighted by atomic mass is 10.1. The summed E-state index contributed by atoms with van der Waals surface area (Å²) in [4.78, 5) is 30.8. The molecule has 1 aliphatic carbocycles. The predicted molar refractivity (Wildman–Crippen MR) is 106 cm³/mol. The lowest BCUT2D eigenvalue weighted by molar-refractivity contribution is -0.132. The lowest BCUT2D eigenvalue weighted by Gasteiger charge is -2.37. The van der Waals surface area contributed by atoms with Gasteiger partial charge in [0.15, 0.2) is 0 Å². The van der Waals surface area contributed by atoms with Crippen molar-refractivity contribution >= 4 is 17.5 Å². The average Bonchev–Trinajstić information content (AvgIpc) is 3.47. The SMILES string of the molecule is CCCN(CC1CC1)C(=O)C[C@@H]1COc2ccc(C(=O)N(C)C)cc2N1C. The molecule has 0 unspecified atom stereocenters. The minimum atomic E-state index is -0.0389. The van der Waals surface area contributed by atoms with Crippen molar-refractivity contribution < 1.29 is 14.3 Å². The molecule has 1 saturated carbocycles. The summed E-state index contributed by atoms with van der Waals surface area (Å²) < 4.78 is 5.90. The minimum absolute atomic E-state index is 0.0201. The predicted octanol–water partition coefficient (Wildman–Crippen LogP) is 2.62. The number of nitrogens with zero attached hydrogens (tertiary/aromatic N) is 3. The van der Waals surface area contributed by atoms with E-state index in [0.29, 0.717) is 24.5 Å². The normalized spacial score (nSPS) is 18.5. The number of fused-ring (bicyclic) bond motifs is 1. The van der Waals surface area contributed by atoms with Gasteiger partial charge in [0.25, 0.3) is 5.91 Å². The number of carbonyl (C=O) groups excluding carboxylic acids is 2. The summed E-state index contributed by atoms with van der Waals surface area (Å²) >= 11 is 0. The van der Waals surface area contributed by atoms with Crippen LogP contribution in [-0.2, 0) is 4.79 Å². The van der Waals surface area contributed by atoms with Crippen LogP contribution in [0.3, 0.4) is 0 Å². The van der Waals surface area contributed by atoms with Crippen LogP contribution in [0, 0.1) is 5.92 Å². The van der Waals surface area contributed by atoms with Crippen LogP contribution in [0.4, 0.5) is 5.69 Å². The Bertz CT molecular complexity index is 700. The zero-order valence-electron chi connectivity index (χ0n) is 16.9. The number of carbonyl (C=O) groups is 2. The molecule has 6 heteroatoms. The zero-order valence-corrected chi connectivity index (χ0v) is 16.9. The minimum Gasteiger partial charge on any atom is -0.489 e. The molecular formula is C21H31N3O3. The molecule has 1 aromatic rings. The van der Waals surface area contributed by atoms with E-state index in [-0.39, 0.29) is 17.9 Å². The molecule has 1 atom stereocenters. The van der Waals surface area contributed by atoms with Crippen LogP contribution in [0.25, 0.3) is 0 Å². The second-order valence-corrected chi connectivity index (χ2v) is 7.95. The van der Waals surface area contributed by atoms with E-state index in [0.717, 1.165) is 30.9 Å². The highest BCUT2D eigenvalue weighted by Crippen LogP contribution is 2.35. The van der Waals surface area contributed by atoms with Crippen molar-refractivity contribution in [3.8, 4) is 5.75 Å². The highest BCUT2D eigenvalue weighted by molar-refractivity contribution is 5.95. The Hall–Kier alpha value is -2.24. The second kappa shape index (κ2) is 8.19. The maximum absolute atomic E-state index is 12.9. The van der Waals surface area contributed by atoms with Crippen molar-refractivity contribution in [1.29, 1.82) is 0 Å². The van der Waals surface area contributed by atoms with Gasteiger partial charge in [-0.05, 0) is 43.4 Å². The van der Waals surface area contributed by atoms with Crippen LogP contribution in [0.5, 0.6) is 5.75 Å². The fourth-order valence-electron chi connectivity index (χ4n) is 3.53. The molecule has 1 heterocycles. The molecule has 3 rings (SSSR count). The molecular weight excluding hydrogens is 342 g/mol. The van der Waals surface area contributed by atoms with Gasteiger partial charge in [-0.25, -0.2) is 0 Å². The second-order valence-electron chi connectivity index (χ2n) is 7.95. The Kier molecular flexibility index (Phi) is 5.92. The zero-order chi connectivity index (χ0) is 19.6. The molecule has 0 radical (unpaired) electrons. The Balaban J connectivity index is 1.71. The first-order chi connectivity index (χ1) is 12.9. The first-order valence-corrected chi connectivity index (χ1v) is 9.89. The summed E-state index contributed by atoms with van der Waals surface area (Å²) in [5.74, 6) is 1.62. The number of anilines is 1. The van der Waals surface area contributed by atoms with Crippen LogP contribution >= 0.6 is 0 Å². The third-order valence-electron chi connectivity index (χ3n) is 5.40. The molecule has 148 valence electrons. The Morgan fingerprint density at radius 2 is 2.00 bits per heavy atom. The van der Waals surface area contributed by atoms with E-state index >= 15 is 0 Å². The van der Waals surface area contributed by atoms with Crippen molar-refractivity contribution in [1.82, 2.24) is 9.80 Å². The van der Waals surface area contributed by atoms with Crippen molar-refractivity contribution in [2.75, 3.05) is 45.7 Å². The topological polar surface area (TPSA) is 53.1 Å². The van der Waals surface area contributed by atoms with E-state index in [4.69, 9.17) is 4.74 Å². The van der Waals surface area contributed by atoms with Gasteiger partial charge < -0.3 is 19.4 Å². The summed E-state index contributed by atoms with van der Waals surface area (Å²) in [5, 5.41) is 0. The van der Waals surface area contributed by atoms with Crippen LogP contribution < -0.4 is 9.64 Å². The van der Waals surface area contributed by atoms with Crippen LogP contribution in [0.15, 0.2) is 18.2 Å². The molecule has 27 heavy (non-hydrogen) atoms. The standard InChI is InChI=1S/C21H31N3O3/c1-5-10-24(13-15-6-7-15)20(25)12-17-14-27-19-9-8-16(21(26)22(2)3)11-18(19)23(17)4/h8-9,11,15,17H,5-7,10,12-14H2,1-4H3/t17-/m1/s1. The maximum Gasteiger partial charge on any atom is 0.253 e. The molecule has 2 amide bonds. The average molecular weight is 373 g/mol. The number of likely N-dealkylation sites (N-methyl/N-ethyl adjacent to an activating group) is 1. The largest absolute Gasteiger partial charge is 0.489 e. The van der Waals surface area contributed by atoms with Crippen LogP contribution in [0.2, 0.25) is 0 Å². The molecule has 0 spiro atoms. The van der Waals surface area contributed by atoms with Crippen LogP contribution in [0.1, 0.15) is 43.0 Å². The molecule has 0 saturated heterocycles. The highest BCUT2D eigenvalue weighted by atomic mass is 16.5. The number of hydrogen-bond donors (Lipinski definition) is 0. The molecule has 6 nitrogen and oxygen atoms in total. The van der Waals surface area contributed by atoms with E-state index in [1.165, 1.54) is 12.8 Å². The quantitative estimate of drug-likeness (QED) is 0.737. The molecule has 0 aromatic heterocycles. The van der Waals surface area contributed by atoms with Crippen molar-refractivity contribution in [3.05, 3.63) is 23.8 Å². The van der Waals surface area contributed by atoms with Gasteiger partial charge in [-0.2, -0.15) is 0 Å². The number of rotatable bonds is 7. The summed E-state index contributed by atoms with van der Waals surface area (Å²) in [6.07, 6.45) is 3.91. The number of hydrogen-bond acceptors (Lipinski definition) is 4. The van der Waals surface area contributed by atoms with E-state index in [2.05, 4.69) is 11.8 Å². The Morgan fingerprint density at radius 1 is 1.26 bits per heavy atom. The van der Waals surface area contributed by atoms with Gasteiger partial charge in [-0.1, -0.05) is 6.92 Å². The van der Waals surface area contributed by atoms with Gasteiger partial charge in [0, 0.05) is 39.8 Å².